The Labute approximate surface area is 133 Å². The molecule has 0 saturated heterocycles. The maximum atomic E-state index is 11.8. The highest BCUT2D eigenvalue weighted by Crippen LogP contribution is 2.14. The maximum absolute atomic E-state index is 11.8. The van der Waals surface area contributed by atoms with Crippen LogP contribution in [0.15, 0.2) is 34.7 Å². The lowest BCUT2D eigenvalue weighted by Gasteiger charge is -2.04. The van der Waals surface area contributed by atoms with Crippen LogP contribution in [0.25, 0.3) is 0 Å². The molecule has 0 saturated carbocycles. The van der Waals surface area contributed by atoms with E-state index in [-0.39, 0.29) is 5.03 Å². The molecule has 2 N–H and O–H groups in total. The molecule has 0 aliphatic rings. The number of halogens is 3. The molecule has 2 heterocycles. The molecule has 2 aromatic heterocycles. The van der Waals surface area contributed by atoms with Crippen molar-refractivity contribution in [1.29, 1.82) is 0 Å². The quantitative estimate of drug-likeness (QED) is 0.859. The Balaban J connectivity index is 0.000000322. The average molecular weight is 369 g/mol. The van der Waals surface area contributed by atoms with Gasteiger partial charge in [0.05, 0.1) is 0 Å². The minimum atomic E-state index is -5.08. The normalized spacial score (nSPS) is 11.3. The van der Waals surface area contributed by atoms with Gasteiger partial charge in [0, 0.05) is 11.1 Å². The first-order valence-electron chi connectivity index (χ1n) is 5.69. The van der Waals surface area contributed by atoms with E-state index in [1.807, 2.05) is 0 Å². The summed E-state index contributed by atoms with van der Waals surface area (Å²) in [6.07, 6.45) is -5.08. The molecule has 2 aromatic rings. The molecule has 0 aromatic carbocycles. The Bertz CT molecular complexity index is 761. The van der Waals surface area contributed by atoms with Gasteiger partial charge >= 0.3 is 12.1 Å². The van der Waals surface area contributed by atoms with E-state index in [1.54, 1.807) is 30.5 Å². The van der Waals surface area contributed by atoms with Gasteiger partial charge < -0.3 is 5.11 Å². The van der Waals surface area contributed by atoms with Gasteiger partial charge in [0.1, 0.15) is 0 Å². The number of rotatable bonds is 3. The van der Waals surface area contributed by atoms with Gasteiger partial charge in [0.2, 0.25) is 0 Å². The van der Waals surface area contributed by atoms with Crippen LogP contribution < -0.4 is 4.72 Å². The van der Waals surface area contributed by atoms with E-state index in [2.05, 4.69) is 14.1 Å². The fraction of sp³-hybridized carbons (Fsp3) is 0.182. The van der Waals surface area contributed by atoms with Crippen LogP contribution in [0, 0.1) is 6.92 Å². The monoisotopic (exact) mass is 369 g/mol. The lowest BCUT2D eigenvalue weighted by Crippen LogP contribution is -2.21. The molecule has 0 bridgehead atoms. The molecular formula is C11H10F3N3O4S2. The van der Waals surface area contributed by atoms with Gasteiger partial charge in [-0.3, -0.25) is 4.72 Å². The largest absolute Gasteiger partial charge is 0.490 e. The van der Waals surface area contributed by atoms with E-state index in [0.717, 1.165) is 0 Å². The fourth-order valence-corrected chi connectivity index (χ4v) is 2.67. The summed E-state index contributed by atoms with van der Waals surface area (Å²) in [6, 6.07) is 6.43. The van der Waals surface area contributed by atoms with Gasteiger partial charge in [-0.15, -0.1) is 0 Å². The van der Waals surface area contributed by atoms with Crippen LogP contribution in [0.4, 0.5) is 19.0 Å². The number of nitrogens with one attached hydrogen (secondary N) is 1. The molecule has 126 valence electrons. The first-order valence-corrected chi connectivity index (χ1v) is 8.01. The van der Waals surface area contributed by atoms with Crippen molar-refractivity contribution < 1.29 is 31.5 Å². The molecule has 0 aliphatic heterocycles. The van der Waals surface area contributed by atoms with Gasteiger partial charge in [-0.25, -0.2) is 9.78 Å². The standard InChI is InChI=1S/C9H9N3O2S2.C2HF3O2/c1-7-3-2-4-9(10-7)16(13,14)12-8-5-6-15-11-8;3-2(4,5)1(6)7/h2-6H,1H3,(H,11,12);(H,6,7). The third-order valence-electron chi connectivity index (χ3n) is 2.06. The van der Waals surface area contributed by atoms with Gasteiger partial charge in [-0.2, -0.15) is 26.0 Å². The number of hydrogen-bond donors (Lipinski definition) is 2. The Morgan fingerprint density at radius 3 is 2.35 bits per heavy atom. The van der Waals surface area contributed by atoms with Gasteiger partial charge in [0.25, 0.3) is 10.0 Å². The number of sulfonamides is 1. The summed E-state index contributed by atoms with van der Waals surface area (Å²) >= 11 is 1.18. The predicted molar refractivity (Wildman–Crippen MR) is 75.6 cm³/mol. The van der Waals surface area contributed by atoms with Crippen molar-refractivity contribution in [2.45, 2.75) is 18.1 Å². The number of nitrogens with zero attached hydrogens (tertiary/aromatic N) is 2. The minimum absolute atomic E-state index is 0.000463. The highest BCUT2D eigenvalue weighted by Gasteiger charge is 2.38. The van der Waals surface area contributed by atoms with Crippen LogP contribution in [0.2, 0.25) is 0 Å². The number of carbonyl (C=O) groups is 1. The van der Waals surface area contributed by atoms with Crippen molar-refractivity contribution in [2.75, 3.05) is 4.72 Å². The molecule has 0 radical (unpaired) electrons. The SMILES string of the molecule is Cc1cccc(S(=O)(=O)Nc2ccsn2)n1.O=C(O)C(F)(F)F. The van der Waals surface area contributed by atoms with Crippen LogP contribution in [-0.4, -0.2) is 35.0 Å². The van der Waals surface area contributed by atoms with Gasteiger partial charge in [-0.1, -0.05) is 6.07 Å². The number of aliphatic carboxylic acids is 1. The summed E-state index contributed by atoms with van der Waals surface area (Å²) in [7, 11) is -3.62. The number of alkyl halides is 3. The second-order valence-electron chi connectivity index (χ2n) is 3.91. The van der Waals surface area contributed by atoms with Crippen molar-refractivity contribution in [3.05, 3.63) is 35.3 Å². The number of aromatic nitrogens is 2. The summed E-state index contributed by atoms with van der Waals surface area (Å²) in [5, 5.41) is 8.82. The zero-order valence-electron chi connectivity index (χ0n) is 11.4. The van der Waals surface area contributed by atoms with Crippen molar-refractivity contribution in [1.82, 2.24) is 9.36 Å². The minimum Gasteiger partial charge on any atom is -0.475 e. The molecule has 7 nitrogen and oxygen atoms in total. The Morgan fingerprint density at radius 2 is 1.91 bits per heavy atom. The van der Waals surface area contributed by atoms with E-state index < -0.39 is 22.2 Å². The second kappa shape index (κ2) is 7.37. The molecule has 12 heteroatoms. The van der Waals surface area contributed by atoms with E-state index in [1.165, 1.54) is 17.6 Å². The Kier molecular flexibility index (Phi) is 6.04. The highest BCUT2D eigenvalue weighted by molar-refractivity contribution is 7.92. The summed E-state index contributed by atoms with van der Waals surface area (Å²) in [5.74, 6) is -2.44. The molecule has 0 atom stereocenters. The lowest BCUT2D eigenvalue weighted by atomic mass is 10.4. The number of anilines is 1. The van der Waals surface area contributed by atoms with Crippen LogP contribution in [0.5, 0.6) is 0 Å². The fourth-order valence-electron chi connectivity index (χ4n) is 1.12. The first-order chi connectivity index (χ1) is 10.5. The predicted octanol–water partition coefficient (Wildman–Crippen LogP) is 2.28. The van der Waals surface area contributed by atoms with Crippen molar-refractivity contribution in [3.8, 4) is 0 Å². The van der Waals surface area contributed by atoms with Crippen molar-refractivity contribution in [2.24, 2.45) is 0 Å². The summed E-state index contributed by atoms with van der Waals surface area (Å²) < 4.78 is 61.6. The van der Waals surface area contributed by atoms with Gasteiger partial charge in [0.15, 0.2) is 10.8 Å². The highest BCUT2D eigenvalue weighted by atomic mass is 32.2. The Hall–Kier alpha value is -2.21. The number of carboxylic acids is 1. The molecular weight excluding hydrogens is 359 g/mol. The number of aryl methyl sites for hydroxylation is 1. The van der Waals surface area contributed by atoms with Crippen molar-refractivity contribution in [3.63, 3.8) is 0 Å². The molecule has 0 amide bonds. The number of carboxylic acid groups (broad SMARTS) is 1. The maximum Gasteiger partial charge on any atom is 0.490 e. The van der Waals surface area contributed by atoms with Crippen LogP contribution >= 0.6 is 11.5 Å². The number of hydrogen-bond acceptors (Lipinski definition) is 6. The third-order valence-corrected chi connectivity index (χ3v) is 3.87. The summed E-state index contributed by atoms with van der Waals surface area (Å²) in [6.45, 7) is 1.74. The van der Waals surface area contributed by atoms with E-state index in [0.29, 0.717) is 11.5 Å². The smallest absolute Gasteiger partial charge is 0.475 e. The second-order valence-corrected chi connectivity index (χ2v) is 6.21. The number of pyridine rings is 1. The molecule has 2 rings (SSSR count). The molecule has 0 spiro atoms. The van der Waals surface area contributed by atoms with E-state index in [9.17, 15) is 21.6 Å². The summed E-state index contributed by atoms with van der Waals surface area (Å²) in [4.78, 5) is 12.8. The van der Waals surface area contributed by atoms with Crippen LogP contribution in [0.3, 0.4) is 0 Å². The first kappa shape index (κ1) is 18.8. The zero-order chi connectivity index (χ0) is 17.7. The molecule has 0 fully saturated rings. The molecule has 0 aliphatic carbocycles. The van der Waals surface area contributed by atoms with Crippen LogP contribution in [0.1, 0.15) is 5.69 Å². The lowest BCUT2D eigenvalue weighted by molar-refractivity contribution is -0.192. The van der Waals surface area contributed by atoms with E-state index in [4.69, 9.17) is 9.90 Å². The topological polar surface area (TPSA) is 109 Å². The molecule has 23 heavy (non-hydrogen) atoms. The van der Waals surface area contributed by atoms with Gasteiger partial charge in [-0.05, 0) is 36.7 Å². The van der Waals surface area contributed by atoms with E-state index >= 15 is 0 Å². The Morgan fingerprint density at radius 1 is 1.30 bits per heavy atom. The molecule has 0 unspecified atom stereocenters. The average Bonchev–Trinajstić information content (AvgIpc) is 2.90. The third kappa shape index (κ3) is 6.20. The van der Waals surface area contributed by atoms with Crippen LogP contribution in [-0.2, 0) is 14.8 Å². The van der Waals surface area contributed by atoms with Crippen molar-refractivity contribution >= 4 is 33.3 Å². The summed E-state index contributed by atoms with van der Waals surface area (Å²) in [5.41, 5.74) is 0.654. The zero-order valence-corrected chi connectivity index (χ0v) is 13.0.